The van der Waals surface area contributed by atoms with Gasteiger partial charge >= 0.3 is 0 Å². The normalized spacial score (nSPS) is 14.9. The van der Waals surface area contributed by atoms with E-state index in [-0.39, 0.29) is 11.6 Å². The van der Waals surface area contributed by atoms with Gasteiger partial charge < -0.3 is 14.9 Å². The molecule has 0 aliphatic rings. The lowest BCUT2D eigenvalue weighted by molar-refractivity contribution is 0.0293. The van der Waals surface area contributed by atoms with Gasteiger partial charge in [0.15, 0.2) is 0 Å². The van der Waals surface area contributed by atoms with Gasteiger partial charge in [-0.2, -0.15) is 0 Å². The van der Waals surface area contributed by atoms with E-state index in [0.717, 1.165) is 0 Å². The molecule has 14 heavy (non-hydrogen) atoms. The minimum Gasteiger partial charge on any atom is -0.480 e. The Morgan fingerprint density at radius 3 is 2.57 bits per heavy atom. The lowest BCUT2D eigenvalue weighted by Crippen LogP contribution is -2.20. The molecule has 5 nitrogen and oxygen atoms in total. The summed E-state index contributed by atoms with van der Waals surface area (Å²) in [6, 6.07) is 3.07. The molecule has 0 aromatic carbocycles. The number of rotatable bonds is 4. The van der Waals surface area contributed by atoms with Crippen LogP contribution < -0.4 is 4.74 Å². The molecule has 0 radical (unpaired) electrons. The Morgan fingerprint density at radius 2 is 2.14 bits per heavy atom. The zero-order valence-corrected chi connectivity index (χ0v) is 8.35. The molecule has 0 spiro atoms. The molecule has 6 heteroatoms. The molecule has 1 heterocycles. The first-order chi connectivity index (χ1) is 6.69. The summed E-state index contributed by atoms with van der Waals surface area (Å²) in [4.78, 5) is 0. The van der Waals surface area contributed by atoms with Crippen LogP contribution in [0.15, 0.2) is 12.1 Å². The van der Waals surface area contributed by atoms with Crippen LogP contribution in [0.5, 0.6) is 5.88 Å². The van der Waals surface area contributed by atoms with Gasteiger partial charge in [0.25, 0.3) is 0 Å². The maximum absolute atomic E-state index is 9.47. The fraction of sp³-hybridized carbons (Fsp3) is 0.500. The van der Waals surface area contributed by atoms with Crippen LogP contribution in [-0.4, -0.2) is 39.5 Å². The molecule has 2 unspecified atom stereocenters. The molecule has 0 saturated carbocycles. The molecule has 0 aliphatic heterocycles. The highest BCUT2D eigenvalue weighted by Gasteiger charge is 2.18. The summed E-state index contributed by atoms with van der Waals surface area (Å²) in [7, 11) is 1.47. The van der Waals surface area contributed by atoms with Crippen LogP contribution in [0.2, 0.25) is 0 Å². The molecule has 2 N–H and O–H groups in total. The van der Waals surface area contributed by atoms with Crippen molar-refractivity contribution >= 4 is 11.6 Å². The van der Waals surface area contributed by atoms with E-state index < -0.39 is 12.2 Å². The SMILES string of the molecule is COc1ccc(C(O)C(O)CCl)nn1. The van der Waals surface area contributed by atoms with Gasteiger partial charge in [0.1, 0.15) is 6.10 Å². The van der Waals surface area contributed by atoms with E-state index in [1.165, 1.54) is 13.2 Å². The minimum atomic E-state index is -1.12. The number of ether oxygens (including phenoxy) is 1. The number of halogens is 1. The molecular weight excluding hydrogens is 208 g/mol. The highest BCUT2D eigenvalue weighted by atomic mass is 35.5. The van der Waals surface area contributed by atoms with Crippen molar-refractivity contribution in [3.8, 4) is 5.88 Å². The van der Waals surface area contributed by atoms with E-state index in [9.17, 15) is 10.2 Å². The van der Waals surface area contributed by atoms with Crippen molar-refractivity contribution in [3.05, 3.63) is 17.8 Å². The predicted octanol–water partition coefficient (Wildman–Crippen LogP) is 0.118. The first-order valence-electron chi connectivity index (χ1n) is 3.98. The monoisotopic (exact) mass is 218 g/mol. The number of methoxy groups -OCH3 is 1. The first-order valence-corrected chi connectivity index (χ1v) is 4.52. The summed E-state index contributed by atoms with van der Waals surface area (Å²) in [6.07, 6.45) is -2.16. The van der Waals surface area contributed by atoms with E-state index in [2.05, 4.69) is 10.2 Å². The maximum atomic E-state index is 9.47. The van der Waals surface area contributed by atoms with E-state index in [1.807, 2.05) is 0 Å². The number of alkyl halides is 1. The Morgan fingerprint density at radius 1 is 1.43 bits per heavy atom. The molecule has 0 aliphatic carbocycles. The fourth-order valence-electron chi connectivity index (χ4n) is 0.878. The largest absolute Gasteiger partial charge is 0.480 e. The second-order valence-electron chi connectivity index (χ2n) is 2.67. The molecule has 0 bridgehead atoms. The molecule has 0 amide bonds. The van der Waals surface area contributed by atoms with Crippen molar-refractivity contribution < 1.29 is 14.9 Å². The van der Waals surface area contributed by atoms with Crippen LogP contribution >= 0.6 is 11.6 Å². The summed E-state index contributed by atoms with van der Waals surface area (Å²) < 4.78 is 4.79. The quantitative estimate of drug-likeness (QED) is 0.702. The molecule has 0 saturated heterocycles. The van der Waals surface area contributed by atoms with Crippen molar-refractivity contribution in [1.82, 2.24) is 10.2 Å². The van der Waals surface area contributed by atoms with E-state index in [1.54, 1.807) is 6.07 Å². The van der Waals surface area contributed by atoms with Crippen molar-refractivity contribution in [2.24, 2.45) is 0 Å². The number of hydrogen-bond donors (Lipinski definition) is 2. The second kappa shape index (κ2) is 5.09. The molecule has 1 aromatic rings. The van der Waals surface area contributed by atoms with E-state index in [4.69, 9.17) is 16.3 Å². The lowest BCUT2D eigenvalue weighted by Gasteiger charge is -2.13. The third-order valence-corrected chi connectivity index (χ3v) is 2.01. The molecule has 1 aromatic heterocycles. The molecular formula is C8H11ClN2O3. The Labute approximate surface area is 86.3 Å². The topological polar surface area (TPSA) is 75.5 Å². The third-order valence-electron chi connectivity index (χ3n) is 1.70. The van der Waals surface area contributed by atoms with Gasteiger partial charge in [-0.3, -0.25) is 0 Å². The van der Waals surface area contributed by atoms with Gasteiger partial charge in [-0.05, 0) is 6.07 Å². The third kappa shape index (κ3) is 2.54. The van der Waals surface area contributed by atoms with Crippen LogP contribution in [0.3, 0.4) is 0 Å². The smallest absolute Gasteiger partial charge is 0.233 e. The van der Waals surface area contributed by atoms with Crippen molar-refractivity contribution in [3.63, 3.8) is 0 Å². The van der Waals surface area contributed by atoms with Crippen LogP contribution in [-0.2, 0) is 0 Å². The van der Waals surface area contributed by atoms with Crippen LogP contribution in [0.1, 0.15) is 11.8 Å². The Kier molecular flexibility index (Phi) is 4.06. The van der Waals surface area contributed by atoms with Gasteiger partial charge in [-0.25, -0.2) is 0 Å². The summed E-state index contributed by atoms with van der Waals surface area (Å²) in [5.74, 6) is 0.288. The standard InChI is InChI=1S/C8H11ClN2O3/c1-14-7-3-2-5(10-11-7)8(13)6(12)4-9/h2-3,6,8,12-13H,4H2,1H3. The maximum Gasteiger partial charge on any atom is 0.233 e. The Bertz CT molecular complexity index is 280. The van der Waals surface area contributed by atoms with Gasteiger partial charge in [-0.15, -0.1) is 21.8 Å². The van der Waals surface area contributed by atoms with Gasteiger partial charge in [0.2, 0.25) is 5.88 Å². The second-order valence-corrected chi connectivity index (χ2v) is 2.98. The van der Waals surface area contributed by atoms with E-state index >= 15 is 0 Å². The lowest BCUT2D eigenvalue weighted by atomic mass is 10.1. The van der Waals surface area contributed by atoms with Crippen LogP contribution in [0.4, 0.5) is 0 Å². The summed E-state index contributed by atoms with van der Waals surface area (Å²) in [6.45, 7) is 0. The number of nitrogens with zero attached hydrogens (tertiary/aromatic N) is 2. The van der Waals surface area contributed by atoms with Crippen molar-refractivity contribution in [2.75, 3.05) is 13.0 Å². The molecule has 0 fully saturated rings. The van der Waals surface area contributed by atoms with Crippen LogP contribution in [0, 0.1) is 0 Å². The number of aliphatic hydroxyl groups is 2. The molecule has 78 valence electrons. The van der Waals surface area contributed by atoms with Crippen LogP contribution in [0.25, 0.3) is 0 Å². The zero-order valence-electron chi connectivity index (χ0n) is 7.59. The van der Waals surface area contributed by atoms with Gasteiger partial charge in [-0.1, -0.05) is 0 Å². The summed E-state index contributed by atoms with van der Waals surface area (Å²) >= 11 is 5.37. The fourth-order valence-corrected chi connectivity index (χ4v) is 1.05. The minimum absolute atomic E-state index is 0.0606. The number of hydrogen-bond acceptors (Lipinski definition) is 5. The molecule has 2 atom stereocenters. The van der Waals surface area contributed by atoms with E-state index in [0.29, 0.717) is 5.88 Å². The average Bonchev–Trinajstić information content (AvgIpc) is 2.27. The highest BCUT2D eigenvalue weighted by molar-refractivity contribution is 6.18. The zero-order chi connectivity index (χ0) is 10.6. The summed E-state index contributed by atoms with van der Waals surface area (Å²) in [5.41, 5.74) is 0.263. The predicted molar refractivity (Wildman–Crippen MR) is 50.3 cm³/mol. The van der Waals surface area contributed by atoms with Gasteiger partial charge in [0.05, 0.1) is 24.8 Å². The number of aliphatic hydroxyl groups excluding tert-OH is 2. The Hall–Kier alpha value is -0.910. The average molecular weight is 219 g/mol. The van der Waals surface area contributed by atoms with Gasteiger partial charge in [0, 0.05) is 6.07 Å². The highest BCUT2D eigenvalue weighted by Crippen LogP contribution is 2.16. The Balaban J connectivity index is 2.75. The number of aromatic nitrogens is 2. The van der Waals surface area contributed by atoms with Crippen molar-refractivity contribution in [1.29, 1.82) is 0 Å². The first kappa shape index (κ1) is 11.2. The summed E-state index contributed by atoms with van der Waals surface area (Å²) in [5, 5.41) is 26.0. The molecule has 1 rings (SSSR count). The van der Waals surface area contributed by atoms with Crippen molar-refractivity contribution in [2.45, 2.75) is 12.2 Å².